The van der Waals surface area contributed by atoms with Gasteiger partial charge in [-0.2, -0.15) is 39.1 Å². The predicted molar refractivity (Wildman–Crippen MR) is 80.7 cm³/mol. The van der Waals surface area contributed by atoms with Crippen LogP contribution in [-0.4, -0.2) is 79.2 Å². The van der Waals surface area contributed by atoms with Gasteiger partial charge in [0, 0.05) is 32.2 Å². The molecule has 0 unspecified atom stereocenters. The maximum absolute atomic E-state index is 13.9. The first-order valence-electron chi connectivity index (χ1n) is 7.91. The maximum atomic E-state index is 13.9. The number of halogens is 6. The highest BCUT2D eigenvalue weighted by Crippen LogP contribution is 2.51. The topological polar surface area (TPSA) is 95.0 Å². The van der Waals surface area contributed by atoms with E-state index in [1.807, 2.05) is 4.90 Å². The molecule has 0 radical (unpaired) electrons. The monoisotopic (exact) mass is 448 g/mol. The lowest BCUT2D eigenvalue weighted by Crippen LogP contribution is -2.64. The van der Waals surface area contributed by atoms with E-state index in [0.29, 0.717) is 0 Å². The molecule has 0 aromatic carbocycles. The molecule has 1 heterocycles. The van der Waals surface area contributed by atoms with Crippen LogP contribution in [0.4, 0.5) is 26.3 Å². The molecule has 0 aromatic heterocycles. The number of hydrogen-bond acceptors (Lipinski definition) is 5. The van der Waals surface area contributed by atoms with E-state index in [4.69, 9.17) is 4.55 Å². The summed E-state index contributed by atoms with van der Waals surface area (Å²) < 4.78 is 134. The molecule has 2 rings (SSSR count). The average molecular weight is 448 g/mol. The Morgan fingerprint density at radius 3 is 1.63 bits per heavy atom. The smallest absolute Gasteiger partial charge is 0.298 e. The number of nitrogens with zero attached hydrogens (tertiary/aromatic N) is 2. The summed E-state index contributed by atoms with van der Waals surface area (Å²) in [6, 6.07) is 0.112. The lowest BCUT2D eigenvalue weighted by atomic mass is 10.2. The number of rotatable bonds is 6. The Hall–Kier alpha value is -0.640. The highest BCUT2D eigenvalue weighted by molar-refractivity contribution is 7.90. The molecule has 2 fully saturated rings. The number of piperazine rings is 1. The lowest BCUT2D eigenvalue weighted by molar-refractivity contribution is -0.247. The van der Waals surface area contributed by atoms with Gasteiger partial charge in [-0.25, -0.2) is 8.42 Å². The predicted octanol–water partition coefficient (Wildman–Crippen LogP) is 1.59. The Bertz CT molecular complexity index is 759. The molecule has 27 heavy (non-hydrogen) atoms. The molecule has 0 aromatic rings. The van der Waals surface area contributed by atoms with Crippen molar-refractivity contribution in [2.24, 2.45) is 0 Å². The average Bonchev–Trinajstić information content (AvgIpc) is 3.07. The van der Waals surface area contributed by atoms with Crippen molar-refractivity contribution in [2.45, 2.75) is 48.2 Å². The zero-order valence-corrected chi connectivity index (χ0v) is 15.4. The van der Waals surface area contributed by atoms with Gasteiger partial charge in [0.1, 0.15) is 0 Å². The minimum Gasteiger partial charge on any atom is -0.298 e. The number of hydrogen-bond donors (Lipinski definition) is 1. The number of alkyl halides is 6. The van der Waals surface area contributed by atoms with Gasteiger partial charge in [-0.05, 0) is 12.8 Å². The van der Waals surface area contributed by atoms with Gasteiger partial charge in [-0.15, -0.1) is 0 Å². The SMILES string of the molecule is O=S(=O)(O)C(F)(F)C(F)(F)C(F)(F)S(=O)(=O)N1CCN(C2CCCC2)CC1. The van der Waals surface area contributed by atoms with Crippen molar-refractivity contribution in [2.75, 3.05) is 26.2 Å². The van der Waals surface area contributed by atoms with Gasteiger partial charge in [-0.1, -0.05) is 12.8 Å². The zero-order valence-electron chi connectivity index (χ0n) is 13.8. The van der Waals surface area contributed by atoms with Gasteiger partial charge < -0.3 is 0 Å². The van der Waals surface area contributed by atoms with Crippen LogP contribution < -0.4 is 0 Å². The van der Waals surface area contributed by atoms with Crippen molar-refractivity contribution in [3.8, 4) is 0 Å². The standard InChI is InChI=1S/C12H18F6N2O5S2/c13-10(14,12(17,18)27(23,24)25)11(15,16)26(21,22)20-7-5-19(6-8-20)9-3-1-2-4-9/h9H,1-8H2,(H,23,24,25). The van der Waals surface area contributed by atoms with Crippen LogP contribution in [0.1, 0.15) is 25.7 Å². The minimum absolute atomic E-state index is 0.0553. The molecular weight excluding hydrogens is 430 g/mol. The Morgan fingerprint density at radius 1 is 0.778 bits per heavy atom. The van der Waals surface area contributed by atoms with Crippen molar-refractivity contribution in [1.82, 2.24) is 9.21 Å². The summed E-state index contributed by atoms with van der Waals surface area (Å²) in [4.78, 5) is 1.81. The van der Waals surface area contributed by atoms with Crippen molar-refractivity contribution < 1.29 is 47.7 Å². The summed E-state index contributed by atoms with van der Waals surface area (Å²) in [5.74, 6) is -6.89. The molecule has 1 saturated heterocycles. The molecule has 0 atom stereocenters. The third-order valence-corrected chi connectivity index (χ3v) is 7.69. The summed E-state index contributed by atoms with van der Waals surface area (Å²) in [7, 11) is -13.4. The first-order valence-corrected chi connectivity index (χ1v) is 10.8. The largest absolute Gasteiger partial charge is 0.439 e. The summed E-state index contributed by atoms with van der Waals surface area (Å²) in [6.45, 7) is -1.38. The van der Waals surface area contributed by atoms with Gasteiger partial charge in [-0.3, -0.25) is 9.45 Å². The minimum atomic E-state index is -7.01. The Kier molecular flexibility index (Phi) is 5.87. The van der Waals surface area contributed by atoms with E-state index in [1.54, 1.807) is 0 Å². The van der Waals surface area contributed by atoms with Crippen LogP contribution in [0.2, 0.25) is 0 Å². The second kappa shape index (κ2) is 7.00. The summed E-state index contributed by atoms with van der Waals surface area (Å²) in [5.41, 5.74) is 0. The molecule has 1 N–H and O–H groups in total. The molecule has 1 aliphatic heterocycles. The Labute approximate surface area is 152 Å². The highest BCUT2D eigenvalue weighted by atomic mass is 32.2. The van der Waals surface area contributed by atoms with E-state index >= 15 is 0 Å². The van der Waals surface area contributed by atoms with Crippen LogP contribution in [0.15, 0.2) is 0 Å². The van der Waals surface area contributed by atoms with E-state index < -0.39 is 49.7 Å². The van der Waals surface area contributed by atoms with E-state index in [2.05, 4.69) is 0 Å². The summed E-state index contributed by atoms with van der Waals surface area (Å²) >= 11 is 0. The molecule has 0 bridgehead atoms. The highest BCUT2D eigenvalue weighted by Gasteiger charge is 2.82. The first kappa shape index (κ1) is 22.6. The van der Waals surface area contributed by atoms with Gasteiger partial charge in [0.25, 0.3) is 10.0 Å². The molecule has 0 spiro atoms. The third kappa shape index (κ3) is 3.56. The van der Waals surface area contributed by atoms with Crippen molar-refractivity contribution in [1.29, 1.82) is 0 Å². The van der Waals surface area contributed by atoms with Crippen molar-refractivity contribution >= 4 is 20.1 Å². The first-order chi connectivity index (χ1) is 12.1. The fraction of sp³-hybridized carbons (Fsp3) is 1.00. The van der Waals surface area contributed by atoms with Gasteiger partial charge >= 0.3 is 26.5 Å². The van der Waals surface area contributed by atoms with E-state index in [9.17, 15) is 43.2 Å². The fourth-order valence-electron chi connectivity index (χ4n) is 3.23. The van der Waals surface area contributed by atoms with Crippen molar-refractivity contribution in [3.63, 3.8) is 0 Å². The quantitative estimate of drug-likeness (QED) is 0.490. The molecule has 1 saturated carbocycles. The van der Waals surface area contributed by atoms with Crippen LogP contribution in [0.3, 0.4) is 0 Å². The summed E-state index contributed by atoms with van der Waals surface area (Å²) in [6.07, 6.45) is 3.53. The molecule has 1 aliphatic carbocycles. The molecule has 7 nitrogen and oxygen atoms in total. The fourth-order valence-corrected chi connectivity index (χ4v) is 5.17. The van der Waals surface area contributed by atoms with Crippen LogP contribution in [-0.2, 0) is 20.1 Å². The molecule has 2 aliphatic rings. The summed E-state index contributed by atoms with van der Waals surface area (Å²) in [5, 5.41) is -13.2. The second-order valence-electron chi connectivity index (χ2n) is 6.46. The van der Waals surface area contributed by atoms with E-state index in [0.717, 1.165) is 25.7 Å². The molecule has 0 amide bonds. The van der Waals surface area contributed by atoms with Gasteiger partial charge in [0.05, 0.1) is 0 Å². The Balaban J connectivity index is 2.24. The maximum Gasteiger partial charge on any atom is 0.439 e. The van der Waals surface area contributed by atoms with Crippen LogP contribution in [0, 0.1) is 0 Å². The second-order valence-corrected chi connectivity index (χ2v) is 9.90. The van der Waals surface area contributed by atoms with E-state index in [1.165, 1.54) is 0 Å². The zero-order chi connectivity index (χ0) is 20.9. The van der Waals surface area contributed by atoms with Gasteiger partial charge in [0.2, 0.25) is 0 Å². The Morgan fingerprint density at radius 2 is 1.22 bits per heavy atom. The van der Waals surface area contributed by atoms with E-state index in [-0.39, 0.29) is 23.4 Å². The normalized spacial score (nSPS) is 23.1. The molecule has 160 valence electrons. The lowest BCUT2D eigenvalue weighted by Gasteiger charge is -2.39. The molecular formula is C12H18F6N2O5S2. The van der Waals surface area contributed by atoms with Crippen molar-refractivity contribution in [3.05, 3.63) is 0 Å². The van der Waals surface area contributed by atoms with Crippen LogP contribution >= 0.6 is 0 Å². The third-order valence-electron chi connectivity index (χ3n) is 4.83. The molecule has 15 heteroatoms. The van der Waals surface area contributed by atoms with Crippen LogP contribution in [0.25, 0.3) is 0 Å². The van der Waals surface area contributed by atoms with Crippen LogP contribution in [0.5, 0.6) is 0 Å². The number of sulfonamides is 1. The van der Waals surface area contributed by atoms with Gasteiger partial charge in [0.15, 0.2) is 0 Å².